The fourth-order valence-electron chi connectivity index (χ4n) is 9.22. The molecule has 0 radical (unpaired) electrons. The lowest BCUT2D eigenvalue weighted by molar-refractivity contribution is 0.520. The first-order valence-corrected chi connectivity index (χ1v) is 20.2. The number of furan rings is 1. The first-order chi connectivity index (χ1) is 27.5. The minimum atomic E-state index is 0.0142. The van der Waals surface area contributed by atoms with Crippen LogP contribution in [0.4, 0.5) is 0 Å². The smallest absolute Gasteiger partial charge is 0.155 e. The molecule has 0 saturated heterocycles. The van der Waals surface area contributed by atoms with Gasteiger partial charge < -0.3 is 4.42 Å². The molecule has 3 aliphatic carbocycles. The van der Waals surface area contributed by atoms with E-state index in [2.05, 4.69) is 171 Å². The van der Waals surface area contributed by atoms with Crippen LogP contribution >= 0.6 is 11.3 Å². The first kappa shape index (κ1) is 33.0. The molecule has 2 heterocycles. The minimum Gasteiger partial charge on any atom is -0.456 e. The maximum atomic E-state index is 6.68. The summed E-state index contributed by atoms with van der Waals surface area (Å²) in [5.41, 5.74) is 12.6. The number of rotatable bonds is 4. The summed E-state index contributed by atoms with van der Waals surface area (Å²) in [5.74, 6) is 0.769. The number of nitrogens with zero attached hydrogens (tertiary/aromatic N) is 2. The van der Waals surface area contributed by atoms with E-state index in [9.17, 15) is 0 Å². The van der Waals surface area contributed by atoms with Crippen molar-refractivity contribution in [2.45, 2.75) is 19.8 Å². The van der Waals surface area contributed by atoms with E-state index in [1.165, 1.54) is 53.6 Å². The van der Waals surface area contributed by atoms with E-state index in [4.69, 9.17) is 14.4 Å². The number of aliphatic imine (C=N–C) groups is 2. The van der Waals surface area contributed by atoms with Crippen molar-refractivity contribution >= 4 is 77.8 Å². The van der Waals surface area contributed by atoms with Gasteiger partial charge in [0, 0.05) is 49.9 Å². The van der Waals surface area contributed by atoms with Gasteiger partial charge in [-0.2, -0.15) is 0 Å². The van der Waals surface area contributed by atoms with Crippen molar-refractivity contribution in [2.75, 3.05) is 7.05 Å². The minimum absolute atomic E-state index is 0.0142. The standard InChI is InChI=1S/C52H38N2OS/c1-52-27-8-7-16-38(52)30-46-43(31-52)41-19-9-18-40(50(41)56-46)39-17-10-21-44-47(39)48-42(20-11-22-45(48)55-44)51(53-2)54-49(36-25-23-32-12-3-5-14-34(32)28-36)37-26-24-33-13-4-6-15-35(33)29-37/h3-28,30,37H,29,31H2,1-2H3. The van der Waals surface area contributed by atoms with Gasteiger partial charge in [0.05, 0.1) is 5.71 Å². The van der Waals surface area contributed by atoms with E-state index in [0.29, 0.717) is 5.84 Å². The van der Waals surface area contributed by atoms with E-state index < -0.39 is 0 Å². The van der Waals surface area contributed by atoms with Gasteiger partial charge in [0.1, 0.15) is 11.2 Å². The monoisotopic (exact) mass is 738 g/mol. The zero-order valence-corrected chi connectivity index (χ0v) is 32.1. The van der Waals surface area contributed by atoms with Crippen molar-refractivity contribution in [3.05, 3.63) is 190 Å². The van der Waals surface area contributed by atoms with Crippen molar-refractivity contribution in [1.82, 2.24) is 0 Å². The maximum Gasteiger partial charge on any atom is 0.155 e. The van der Waals surface area contributed by atoms with Crippen LogP contribution in [0.25, 0.3) is 66.1 Å². The van der Waals surface area contributed by atoms with Crippen LogP contribution < -0.4 is 0 Å². The fourth-order valence-corrected chi connectivity index (χ4v) is 10.5. The quantitative estimate of drug-likeness (QED) is 0.131. The second-order valence-corrected chi connectivity index (χ2v) is 16.5. The van der Waals surface area contributed by atoms with Crippen LogP contribution in [0, 0.1) is 11.3 Å². The third kappa shape index (κ3) is 5.24. The number of hydrogen-bond donors (Lipinski definition) is 0. The summed E-state index contributed by atoms with van der Waals surface area (Å²) in [6.45, 7) is 2.36. The molecule has 6 aromatic carbocycles. The van der Waals surface area contributed by atoms with E-state index in [-0.39, 0.29) is 11.3 Å². The third-order valence-corrected chi connectivity index (χ3v) is 13.3. The summed E-state index contributed by atoms with van der Waals surface area (Å²) in [6.07, 6.45) is 17.8. The van der Waals surface area contributed by atoms with Crippen LogP contribution in [0.3, 0.4) is 0 Å². The largest absolute Gasteiger partial charge is 0.456 e. The summed E-state index contributed by atoms with van der Waals surface area (Å²) >= 11 is 1.91. The van der Waals surface area contributed by atoms with Gasteiger partial charge in [0.25, 0.3) is 0 Å². The predicted octanol–water partition coefficient (Wildman–Crippen LogP) is 13.4. The van der Waals surface area contributed by atoms with Crippen LogP contribution in [-0.2, 0) is 12.8 Å². The molecular weight excluding hydrogens is 701 g/mol. The molecule has 0 bridgehead atoms. The molecule has 0 amide bonds. The van der Waals surface area contributed by atoms with Gasteiger partial charge in [-0.15, -0.1) is 11.3 Å². The highest BCUT2D eigenvalue weighted by Crippen LogP contribution is 2.50. The molecule has 0 fully saturated rings. The Kier molecular flexibility index (Phi) is 7.58. The number of fused-ring (bicyclic) bond motifs is 9. The second-order valence-electron chi connectivity index (χ2n) is 15.5. The van der Waals surface area contributed by atoms with E-state index >= 15 is 0 Å². The summed E-state index contributed by atoms with van der Waals surface area (Å²) in [7, 11) is 1.86. The third-order valence-electron chi connectivity index (χ3n) is 12.1. The molecule has 2 atom stereocenters. The molecule has 268 valence electrons. The Morgan fingerprint density at radius 2 is 1.57 bits per heavy atom. The maximum absolute atomic E-state index is 6.68. The van der Waals surface area contributed by atoms with Crippen molar-refractivity contribution in [1.29, 1.82) is 0 Å². The average molecular weight is 739 g/mol. The summed E-state index contributed by atoms with van der Waals surface area (Å²) in [4.78, 5) is 11.9. The van der Waals surface area contributed by atoms with Crippen molar-refractivity contribution in [3.8, 4) is 11.1 Å². The molecule has 2 aromatic heterocycles. The van der Waals surface area contributed by atoms with E-state index in [1.807, 2.05) is 18.4 Å². The van der Waals surface area contributed by atoms with Crippen LogP contribution in [-0.4, -0.2) is 18.6 Å². The van der Waals surface area contributed by atoms with E-state index in [0.717, 1.165) is 57.2 Å². The average Bonchev–Trinajstić information content (AvgIpc) is 3.81. The van der Waals surface area contributed by atoms with Crippen LogP contribution in [0.2, 0.25) is 0 Å². The SMILES string of the molecule is CN=C(N=C(c1ccc2ccccc2c1)C1C=Cc2ccccc2C1)c1cccc2oc3cccc(-c4cccc5c6c(sc45)C=C4C=CC=CC4(C)C6)c3c12. The van der Waals surface area contributed by atoms with Gasteiger partial charge in [-0.3, -0.25) is 4.99 Å². The van der Waals surface area contributed by atoms with Gasteiger partial charge in [-0.25, -0.2) is 4.99 Å². The molecule has 0 N–H and O–H groups in total. The number of allylic oxidation sites excluding steroid dienone is 6. The predicted molar refractivity (Wildman–Crippen MR) is 238 cm³/mol. The molecule has 4 heteroatoms. The number of benzene rings is 6. The van der Waals surface area contributed by atoms with Gasteiger partial charge in [0.15, 0.2) is 5.84 Å². The fraction of sp³-hybridized carbons (Fsp3) is 0.115. The normalized spacial score (nSPS) is 19.1. The Labute approximate surface area is 330 Å². The molecule has 0 aliphatic heterocycles. The van der Waals surface area contributed by atoms with Gasteiger partial charge in [-0.05, 0) is 86.7 Å². The molecule has 0 spiro atoms. The first-order valence-electron chi connectivity index (χ1n) is 19.4. The number of thiophene rings is 1. The Morgan fingerprint density at radius 3 is 2.48 bits per heavy atom. The summed E-state index contributed by atoms with van der Waals surface area (Å²) in [5, 5.41) is 5.89. The molecular formula is C52H38N2OS. The summed E-state index contributed by atoms with van der Waals surface area (Å²) < 4.78 is 7.99. The molecule has 0 saturated carbocycles. The highest BCUT2D eigenvalue weighted by atomic mass is 32.1. The molecule has 2 unspecified atom stereocenters. The highest BCUT2D eigenvalue weighted by Gasteiger charge is 2.33. The van der Waals surface area contributed by atoms with Crippen LogP contribution in [0.15, 0.2) is 172 Å². The number of hydrogen-bond acceptors (Lipinski definition) is 3. The Hall–Kier alpha value is -6.36. The topological polar surface area (TPSA) is 37.9 Å². The van der Waals surface area contributed by atoms with Crippen molar-refractivity contribution in [3.63, 3.8) is 0 Å². The second kappa shape index (κ2) is 12.9. The lowest BCUT2D eigenvalue weighted by Crippen LogP contribution is -2.23. The molecule has 11 rings (SSSR count). The Morgan fingerprint density at radius 1 is 0.768 bits per heavy atom. The van der Waals surface area contributed by atoms with Gasteiger partial charge in [-0.1, -0.05) is 147 Å². The lowest BCUT2D eigenvalue weighted by Gasteiger charge is -2.33. The van der Waals surface area contributed by atoms with Crippen molar-refractivity contribution < 1.29 is 4.42 Å². The lowest BCUT2D eigenvalue weighted by atomic mass is 9.71. The van der Waals surface area contributed by atoms with Gasteiger partial charge >= 0.3 is 0 Å². The molecule has 3 aliphatic rings. The Bertz CT molecular complexity index is 3130. The summed E-state index contributed by atoms with van der Waals surface area (Å²) in [6, 6.07) is 43.5. The molecule has 3 nitrogen and oxygen atoms in total. The van der Waals surface area contributed by atoms with Gasteiger partial charge in [0.2, 0.25) is 0 Å². The Balaban J connectivity index is 1.10. The molecule has 56 heavy (non-hydrogen) atoms. The molecule has 8 aromatic rings. The zero-order valence-electron chi connectivity index (χ0n) is 31.3. The van der Waals surface area contributed by atoms with Crippen molar-refractivity contribution in [2.24, 2.45) is 21.3 Å². The van der Waals surface area contributed by atoms with Crippen LogP contribution in [0.5, 0.6) is 0 Å². The van der Waals surface area contributed by atoms with E-state index in [1.54, 1.807) is 0 Å². The zero-order chi connectivity index (χ0) is 37.4. The number of amidine groups is 1. The highest BCUT2D eigenvalue weighted by molar-refractivity contribution is 7.20. The van der Waals surface area contributed by atoms with Crippen LogP contribution in [0.1, 0.15) is 39.6 Å².